The van der Waals surface area contributed by atoms with Crippen molar-refractivity contribution in [2.75, 3.05) is 28.4 Å². The maximum Gasteiger partial charge on any atom is 0.220 e. The third-order valence-electron chi connectivity index (χ3n) is 7.70. The molecule has 2 amide bonds. The Labute approximate surface area is 225 Å². The zero-order chi connectivity index (χ0) is 27.1. The standard InChI is InChI=1S/C30H40N2O6/c1-35-25-15-9-19-17-21(11-13-23(19)29(25)37-3)31-27(33)7-5-6-8-28(34)32-22-12-14-24-20(18-22)10-16-26(36-2)30(24)38-4/h9-10,15-16,21-22H,5-8,11-14,17-18H2,1-4H3,(H,31,33)(H,32,34). The number of hydrogen-bond donors (Lipinski definition) is 2. The number of hydrogen-bond acceptors (Lipinski definition) is 6. The zero-order valence-electron chi connectivity index (χ0n) is 23.0. The molecule has 38 heavy (non-hydrogen) atoms. The molecule has 0 bridgehead atoms. The molecule has 0 spiro atoms. The van der Waals surface area contributed by atoms with E-state index >= 15 is 0 Å². The van der Waals surface area contributed by atoms with E-state index in [2.05, 4.69) is 22.8 Å². The van der Waals surface area contributed by atoms with Crippen molar-refractivity contribution in [2.45, 2.75) is 76.3 Å². The molecule has 0 radical (unpaired) electrons. The van der Waals surface area contributed by atoms with Crippen molar-refractivity contribution < 1.29 is 28.5 Å². The Morgan fingerprint density at radius 3 is 1.47 bits per heavy atom. The van der Waals surface area contributed by atoms with Gasteiger partial charge in [0, 0.05) is 36.1 Å². The van der Waals surface area contributed by atoms with Gasteiger partial charge in [-0.05, 0) is 74.6 Å². The summed E-state index contributed by atoms with van der Waals surface area (Å²) in [7, 11) is 6.61. The van der Waals surface area contributed by atoms with Crippen LogP contribution < -0.4 is 29.6 Å². The minimum absolute atomic E-state index is 0.0487. The average Bonchev–Trinajstić information content (AvgIpc) is 2.93. The van der Waals surface area contributed by atoms with Crippen LogP contribution in [0.1, 0.15) is 60.8 Å². The minimum atomic E-state index is 0.0487. The highest BCUT2D eigenvalue weighted by Gasteiger charge is 2.26. The fraction of sp³-hybridized carbons (Fsp3) is 0.533. The Bertz CT molecular complexity index is 1060. The molecule has 0 aliphatic heterocycles. The molecule has 8 heteroatoms. The molecule has 2 aromatic rings. The van der Waals surface area contributed by atoms with Gasteiger partial charge in [-0.15, -0.1) is 0 Å². The molecule has 0 saturated carbocycles. The number of nitrogens with one attached hydrogen (secondary N) is 2. The van der Waals surface area contributed by atoms with Crippen LogP contribution in [0, 0.1) is 0 Å². The van der Waals surface area contributed by atoms with Gasteiger partial charge < -0.3 is 29.6 Å². The molecule has 0 saturated heterocycles. The van der Waals surface area contributed by atoms with Crippen LogP contribution in [0.2, 0.25) is 0 Å². The SMILES string of the molecule is COc1ccc2c(c1OC)CCC(NC(=O)CCCCC(=O)NC1CCc3c(ccc(OC)c3OC)C1)C2. The van der Waals surface area contributed by atoms with Crippen molar-refractivity contribution in [3.05, 3.63) is 46.5 Å². The first-order chi connectivity index (χ1) is 18.5. The van der Waals surface area contributed by atoms with E-state index in [-0.39, 0.29) is 23.9 Å². The summed E-state index contributed by atoms with van der Waals surface area (Å²) < 4.78 is 21.9. The first-order valence-electron chi connectivity index (χ1n) is 13.5. The molecule has 2 aromatic carbocycles. The fourth-order valence-electron chi connectivity index (χ4n) is 5.78. The van der Waals surface area contributed by atoms with Crippen LogP contribution in [-0.2, 0) is 35.3 Å². The van der Waals surface area contributed by atoms with E-state index in [1.165, 1.54) is 22.3 Å². The molecule has 0 aromatic heterocycles. The summed E-state index contributed by atoms with van der Waals surface area (Å²) >= 11 is 0. The molecular weight excluding hydrogens is 484 g/mol. The summed E-state index contributed by atoms with van der Waals surface area (Å²) in [6.45, 7) is 0. The second kappa shape index (κ2) is 12.9. The quantitative estimate of drug-likeness (QED) is 0.433. The lowest BCUT2D eigenvalue weighted by Gasteiger charge is -2.27. The van der Waals surface area contributed by atoms with Crippen molar-refractivity contribution in [3.8, 4) is 23.0 Å². The van der Waals surface area contributed by atoms with Crippen LogP contribution in [0.4, 0.5) is 0 Å². The van der Waals surface area contributed by atoms with E-state index in [1.807, 2.05) is 12.1 Å². The number of amides is 2. The van der Waals surface area contributed by atoms with E-state index in [9.17, 15) is 9.59 Å². The van der Waals surface area contributed by atoms with E-state index in [0.717, 1.165) is 61.5 Å². The van der Waals surface area contributed by atoms with Crippen LogP contribution in [0.15, 0.2) is 24.3 Å². The van der Waals surface area contributed by atoms with E-state index in [4.69, 9.17) is 18.9 Å². The average molecular weight is 525 g/mol. The number of benzene rings is 2. The van der Waals surface area contributed by atoms with Crippen LogP contribution in [0.3, 0.4) is 0 Å². The molecule has 2 unspecified atom stereocenters. The first-order valence-corrected chi connectivity index (χ1v) is 13.5. The van der Waals surface area contributed by atoms with Crippen LogP contribution in [0.5, 0.6) is 23.0 Å². The van der Waals surface area contributed by atoms with Crippen LogP contribution >= 0.6 is 0 Å². The molecule has 206 valence electrons. The van der Waals surface area contributed by atoms with Gasteiger partial charge in [-0.3, -0.25) is 9.59 Å². The van der Waals surface area contributed by atoms with Gasteiger partial charge in [-0.2, -0.15) is 0 Å². The maximum absolute atomic E-state index is 12.5. The number of carbonyl (C=O) groups excluding carboxylic acids is 2. The van der Waals surface area contributed by atoms with Gasteiger partial charge in [-0.1, -0.05) is 12.1 Å². The van der Waals surface area contributed by atoms with Crippen LogP contribution in [0.25, 0.3) is 0 Å². The molecule has 0 fully saturated rings. The van der Waals surface area contributed by atoms with Gasteiger partial charge >= 0.3 is 0 Å². The molecule has 2 atom stereocenters. The van der Waals surface area contributed by atoms with Gasteiger partial charge in [0.25, 0.3) is 0 Å². The predicted octanol–water partition coefficient (Wildman–Crippen LogP) is 3.93. The number of fused-ring (bicyclic) bond motifs is 2. The molecule has 2 aliphatic rings. The largest absolute Gasteiger partial charge is 0.493 e. The highest BCUT2D eigenvalue weighted by Crippen LogP contribution is 2.38. The summed E-state index contributed by atoms with van der Waals surface area (Å²) in [6, 6.07) is 8.20. The van der Waals surface area contributed by atoms with E-state index in [1.54, 1.807) is 28.4 Å². The molecule has 2 N–H and O–H groups in total. The van der Waals surface area contributed by atoms with Gasteiger partial charge in [0.2, 0.25) is 11.8 Å². The number of methoxy groups -OCH3 is 4. The van der Waals surface area contributed by atoms with Crippen molar-refractivity contribution in [2.24, 2.45) is 0 Å². The number of carbonyl (C=O) groups is 2. The van der Waals surface area contributed by atoms with Gasteiger partial charge in [0.1, 0.15) is 0 Å². The lowest BCUT2D eigenvalue weighted by molar-refractivity contribution is -0.123. The van der Waals surface area contributed by atoms with Crippen molar-refractivity contribution in [1.29, 1.82) is 0 Å². The van der Waals surface area contributed by atoms with Crippen molar-refractivity contribution >= 4 is 11.8 Å². The predicted molar refractivity (Wildman–Crippen MR) is 145 cm³/mol. The summed E-state index contributed by atoms with van der Waals surface area (Å²) in [4.78, 5) is 25.1. The molecular formula is C30H40N2O6. The Morgan fingerprint density at radius 1 is 0.684 bits per heavy atom. The topological polar surface area (TPSA) is 95.1 Å². The number of ether oxygens (including phenoxy) is 4. The Balaban J connectivity index is 1.16. The summed E-state index contributed by atoms with van der Waals surface area (Å²) in [6.07, 6.45) is 7.24. The van der Waals surface area contributed by atoms with E-state index < -0.39 is 0 Å². The van der Waals surface area contributed by atoms with Gasteiger partial charge in [0.15, 0.2) is 23.0 Å². The maximum atomic E-state index is 12.5. The Kier molecular flexibility index (Phi) is 9.37. The highest BCUT2D eigenvalue weighted by molar-refractivity contribution is 5.77. The van der Waals surface area contributed by atoms with Gasteiger partial charge in [0.05, 0.1) is 28.4 Å². The third-order valence-corrected chi connectivity index (χ3v) is 7.70. The second-order valence-corrected chi connectivity index (χ2v) is 10.1. The summed E-state index contributed by atoms with van der Waals surface area (Å²) in [5.41, 5.74) is 4.73. The smallest absolute Gasteiger partial charge is 0.220 e. The molecule has 8 nitrogen and oxygen atoms in total. The zero-order valence-corrected chi connectivity index (χ0v) is 23.0. The normalized spacial score (nSPS) is 18.0. The first kappa shape index (κ1) is 27.6. The Morgan fingerprint density at radius 2 is 1.11 bits per heavy atom. The second-order valence-electron chi connectivity index (χ2n) is 10.1. The lowest BCUT2D eigenvalue weighted by atomic mass is 9.87. The Hall–Kier alpha value is -3.42. The van der Waals surface area contributed by atoms with Crippen LogP contribution in [-0.4, -0.2) is 52.3 Å². The van der Waals surface area contributed by atoms with Crippen molar-refractivity contribution in [3.63, 3.8) is 0 Å². The van der Waals surface area contributed by atoms with E-state index in [0.29, 0.717) is 25.7 Å². The van der Waals surface area contributed by atoms with Gasteiger partial charge in [-0.25, -0.2) is 0 Å². The summed E-state index contributed by atoms with van der Waals surface area (Å²) in [5.74, 6) is 3.18. The summed E-state index contributed by atoms with van der Waals surface area (Å²) in [5, 5.41) is 6.35. The molecule has 2 aliphatic carbocycles. The highest BCUT2D eigenvalue weighted by atomic mass is 16.5. The fourth-order valence-corrected chi connectivity index (χ4v) is 5.78. The molecule has 0 heterocycles. The monoisotopic (exact) mass is 524 g/mol. The van der Waals surface area contributed by atoms with Crippen molar-refractivity contribution in [1.82, 2.24) is 10.6 Å². The molecule has 4 rings (SSSR count). The third kappa shape index (κ3) is 6.34. The number of unbranched alkanes of at least 4 members (excludes halogenated alkanes) is 1. The lowest BCUT2D eigenvalue weighted by Crippen LogP contribution is -2.39. The minimum Gasteiger partial charge on any atom is -0.493 e. The number of rotatable bonds is 11.